The number of rotatable bonds is 5. The average Bonchev–Trinajstić information content (AvgIpc) is 2.75. The van der Waals surface area contributed by atoms with Gasteiger partial charge in [-0.2, -0.15) is 0 Å². The number of hydrogen-bond donors (Lipinski definition) is 1. The van der Waals surface area contributed by atoms with Crippen LogP contribution in [0.4, 0.5) is 0 Å². The smallest absolute Gasteiger partial charge is 0.213 e. The summed E-state index contributed by atoms with van der Waals surface area (Å²) in [6, 6.07) is 3.63. The van der Waals surface area contributed by atoms with Crippen LogP contribution in [0.25, 0.3) is 0 Å². The van der Waals surface area contributed by atoms with Crippen molar-refractivity contribution in [1.29, 1.82) is 0 Å². The number of aliphatic hydroxyl groups is 1. The number of aryl methyl sites for hydroxylation is 2. The molecular formula is C13H16N2O2S. The van der Waals surface area contributed by atoms with Crippen LogP contribution in [0.2, 0.25) is 0 Å². The van der Waals surface area contributed by atoms with E-state index < -0.39 is 0 Å². The molecule has 0 spiro atoms. The molecule has 1 N–H and O–H groups in total. The first-order valence-corrected chi connectivity index (χ1v) is 6.68. The van der Waals surface area contributed by atoms with Crippen molar-refractivity contribution in [3.63, 3.8) is 0 Å². The number of thiazole rings is 1. The zero-order chi connectivity index (χ0) is 13.0. The Morgan fingerprint density at radius 1 is 1.28 bits per heavy atom. The highest BCUT2D eigenvalue weighted by molar-refractivity contribution is 7.09. The van der Waals surface area contributed by atoms with Crippen LogP contribution in [0.1, 0.15) is 21.8 Å². The summed E-state index contributed by atoms with van der Waals surface area (Å²) in [6.45, 7) is 4.48. The van der Waals surface area contributed by atoms with Gasteiger partial charge in [-0.3, -0.25) is 0 Å². The molecule has 0 aliphatic carbocycles. The predicted octanol–water partition coefficient (Wildman–Crippen LogP) is 2.27. The van der Waals surface area contributed by atoms with Crippen LogP contribution in [0.5, 0.6) is 5.88 Å². The fraction of sp³-hybridized carbons (Fsp3) is 0.385. The SMILES string of the molecule is Cc1nc(OCCc2scnc2C)ccc1CO. The summed E-state index contributed by atoms with van der Waals surface area (Å²) in [7, 11) is 0. The molecule has 0 aliphatic heterocycles. The second-order valence-corrected chi connectivity index (χ2v) is 4.95. The largest absolute Gasteiger partial charge is 0.477 e. The predicted molar refractivity (Wildman–Crippen MR) is 70.9 cm³/mol. The van der Waals surface area contributed by atoms with Crippen molar-refractivity contribution < 1.29 is 9.84 Å². The van der Waals surface area contributed by atoms with Gasteiger partial charge in [0.05, 0.1) is 24.4 Å². The molecule has 0 amide bonds. The number of hydrogen-bond acceptors (Lipinski definition) is 5. The molecule has 96 valence electrons. The molecule has 0 atom stereocenters. The molecule has 0 saturated carbocycles. The van der Waals surface area contributed by atoms with Crippen LogP contribution >= 0.6 is 11.3 Å². The fourth-order valence-electron chi connectivity index (χ4n) is 1.63. The van der Waals surface area contributed by atoms with E-state index in [1.54, 1.807) is 17.4 Å². The van der Waals surface area contributed by atoms with Gasteiger partial charge in [0.25, 0.3) is 0 Å². The maximum atomic E-state index is 9.05. The third-order valence-electron chi connectivity index (χ3n) is 2.76. The second kappa shape index (κ2) is 5.93. The van der Waals surface area contributed by atoms with E-state index in [0.29, 0.717) is 12.5 Å². The Morgan fingerprint density at radius 3 is 2.72 bits per heavy atom. The van der Waals surface area contributed by atoms with Gasteiger partial charge in [-0.15, -0.1) is 11.3 Å². The highest BCUT2D eigenvalue weighted by Gasteiger charge is 2.04. The lowest BCUT2D eigenvalue weighted by Gasteiger charge is -2.07. The molecule has 2 aromatic rings. The van der Waals surface area contributed by atoms with Crippen molar-refractivity contribution >= 4 is 11.3 Å². The molecule has 5 heteroatoms. The summed E-state index contributed by atoms with van der Waals surface area (Å²) in [5, 5.41) is 9.05. The van der Waals surface area contributed by atoms with E-state index >= 15 is 0 Å². The molecule has 0 unspecified atom stereocenters. The van der Waals surface area contributed by atoms with Crippen molar-refractivity contribution in [3.05, 3.63) is 39.5 Å². The molecule has 4 nitrogen and oxygen atoms in total. The zero-order valence-corrected chi connectivity index (χ0v) is 11.3. The molecule has 0 saturated heterocycles. The van der Waals surface area contributed by atoms with Gasteiger partial charge < -0.3 is 9.84 Å². The Morgan fingerprint density at radius 2 is 2.11 bits per heavy atom. The van der Waals surface area contributed by atoms with Gasteiger partial charge in [-0.1, -0.05) is 0 Å². The molecule has 0 bridgehead atoms. The topological polar surface area (TPSA) is 55.2 Å². The Labute approximate surface area is 110 Å². The lowest BCUT2D eigenvalue weighted by atomic mass is 10.2. The molecule has 0 aromatic carbocycles. The van der Waals surface area contributed by atoms with Gasteiger partial charge in [-0.25, -0.2) is 9.97 Å². The van der Waals surface area contributed by atoms with E-state index in [2.05, 4.69) is 9.97 Å². The minimum absolute atomic E-state index is 0.0131. The normalized spacial score (nSPS) is 10.6. The lowest BCUT2D eigenvalue weighted by Crippen LogP contribution is -2.04. The zero-order valence-electron chi connectivity index (χ0n) is 10.5. The third-order valence-corrected chi connectivity index (χ3v) is 3.76. The highest BCUT2D eigenvalue weighted by atomic mass is 32.1. The van der Waals surface area contributed by atoms with E-state index in [1.807, 2.05) is 25.4 Å². The number of pyridine rings is 1. The lowest BCUT2D eigenvalue weighted by molar-refractivity contribution is 0.278. The maximum absolute atomic E-state index is 9.05. The first-order valence-electron chi connectivity index (χ1n) is 5.80. The van der Waals surface area contributed by atoms with E-state index in [-0.39, 0.29) is 6.61 Å². The van der Waals surface area contributed by atoms with Crippen molar-refractivity contribution in [2.45, 2.75) is 26.9 Å². The van der Waals surface area contributed by atoms with E-state index in [0.717, 1.165) is 23.4 Å². The summed E-state index contributed by atoms with van der Waals surface area (Å²) in [5.41, 5.74) is 4.57. The van der Waals surface area contributed by atoms with Gasteiger partial charge in [0.15, 0.2) is 0 Å². The van der Waals surface area contributed by atoms with Crippen LogP contribution in [0.15, 0.2) is 17.6 Å². The third kappa shape index (κ3) is 3.05. The van der Waals surface area contributed by atoms with Crippen molar-refractivity contribution in [3.8, 4) is 5.88 Å². The quantitative estimate of drug-likeness (QED) is 0.900. The first kappa shape index (κ1) is 13.0. The van der Waals surface area contributed by atoms with E-state index in [4.69, 9.17) is 9.84 Å². The Bertz CT molecular complexity index is 525. The van der Waals surface area contributed by atoms with Crippen molar-refractivity contribution in [2.75, 3.05) is 6.61 Å². The number of ether oxygens (including phenoxy) is 1. The molecule has 0 aliphatic rings. The molecule has 2 heterocycles. The molecule has 18 heavy (non-hydrogen) atoms. The number of nitrogens with zero attached hydrogens (tertiary/aromatic N) is 2. The number of aromatic nitrogens is 2. The summed E-state index contributed by atoms with van der Waals surface area (Å²) in [6.07, 6.45) is 0.846. The minimum Gasteiger partial charge on any atom is -0.477 e. The Hall–Kier alpha value is -1.46. The van der Waals surface area contributed by atoms with Gasteiger partial charge in [-0.05, 0) is 25.5 Å². The van der Waals surface area contributed by atoms with E-state index in [9.17, 15) is 0 Å². The van der Waals surface area contributed by atoms with Gasteiger partial charge in [0, 0.05) is 23.1 Å². The van der Waals surface area contributed by atoms with Crippen molar-refractivity contribution in [2.24, 2.45) is 0 Å². The summed E-state index contributed by atoms with van der Waals surface area (Å²) >= 11 is 1.65. The summed E-state index contributed by atoms with van der Waals surface area (Å²) < 4.78 is 5.60. The average molecular weight is 264 g/mol. The molecule has 0 fully saturated rings. The second-order valence-electron chi connectivity index (χ2n) is 4.01. The Kier molecular flexibility index (Phi) is 4.28. The van der Waals surface area contributed by atoms with Crippen LogP contribution < -0.4 is 4.74 Å². The van der Waals surface area contributed by atoms with Gasteiger partial charge in [0.1, 0.15) is 0 Å². The van der Waals surface area contributed by atoms with Crippen molar-refractivity contribution in [1.82, 2.24) is 9.97 Å². The van der Waals surface area contributed by atoms with Gasteiger partial charge >= 0.3 is 0 Å². The van der Waals surface area contributed by atoms with Gasteiger partial charge in [0.2, 0.25) is 5.88 Å². The monoisotopic (exact) mass is 264 g/mol. The number of aliphatic hydroxyl groups excluding tert-OH is 1. The molecular weight excluding hydrogens is 248 g/mol. The van der Waals surface area contributed by atoms with Crippen LogP contribution in [-0.4, -0.2) is 21.7 Å². The molecule has 2 aromatic heterocycles. The Balaban J connectivity index is 1.91. The van der Waals surface area contributed by atoms with Crippen LogP contribution in [0, 0.1) is 13.8 Å². The fourth-order valence-corrected chi connectivity index (χ4v) is 2.39. The molecule has 0 radical (unpaired) electrons. The van der Waals surface area contributed by atoms with E-state index in [1.165, 1.54) is 4.88 Å². The standard InChI is InChI=1S/C13H16N2O2S/c1-9-11(7-16)3-4-13(15-9)17-6-5-12-10(2)14-8-18-12/h3-4,8,16H,5-7H2,1-2H3. The first-order chi connectivity index (χ1) is 8.70. The summed E-state index contributed by atoms with van der Waals surface area (Å²) in [4.78, 5) is 9.74. The summed E-state index contributed by atoms with van der Waals surface area (Å²) in [5.74, 6) is 0.604. The highest BCUT2D eigenvalue weighted by Crippen LogP contribution is 2.15. The maximum Gasteiger partial charge on any atom is 0.213 e. The molecule has 2 rings (SSSR count). The van der Waals surface area contributed by atoms with Crippen LogP contribution in [-0.2, 0) is 13.0 Å². The van der Waals surface area contributed by atoms with Crippen LogP contribution in [0.3, 0.4) is 0 Å². The minimum atomic E-state index is 0.0131.